The van der Waals surface area contributed by atoms with Gasteiger partial charge in [-0.25, -0.2) is 0 Å². The van der Waals surface area contributed by atoms with Gasteiger partial charge in [0.1, 0.15) is 0 Å². The second kappa shape index (κ2) is 18.2. The molecule has 1 amide bonds. The lowest BCUT2D eigenvalue weighted by atomic mass is 10.0. The molecule has 176 valence electrons. The van der Waals surface area contributed by atoms with Crippen LogP contribution in [0.4, 0.5) is 0 Å². The molecule has 0 fully saturated rings. The predicted octanol–water partition coefficient (Wildman–Crippen LogP) is 5.49. The maximum Gasteiger partial charge on any atom is 0.244 e. The first-order chi connectivity index (χ1) is 15.5. The highest BCUT2D eigenvalue weighted by molar-refractivity contribution is 5.88. The van der Waals surface area contributed by atoms with E-state index in [4.69, 9.17) is 0 Å². The van der Waals surface area contributed by atoms with Crippen LogP contribution in [0.3, 0.4) is 0 Å². The molecule has 1 aliphatic heterocycles. The molecule has 0 spiro atoms. The molecule has 3 N–H and O–H groups in total. The minimum Gasteiger partial charge on any atom is -0.393 e. The third-order valence-electron chi connectivity index (χ3n) is 5.00. The molecule has 0 aromatic rings. The minimum absolute atomic E-state index is 0.0323. The van der Waals surface area contributed by atoms with Gasteiger partial charge in [-0.3, -0.25) is 4.79 Å². The van der Waals surface area contributed by atoms with Crippen molar-refractivity contribution in [3.05, 3.63) is 85.1 Å². The van der Waals surface area contributed by atoms with E-state index < -0.39 is 12.2 Å². The average molecular weight is 440 g/mol. The summed E-state index contributed by atoms with van der Waals surface area (Å²) in [6.45, 7) is 4.29. The van der Waals surface area contributed by atoms with Crippen molar-refractivity contribution in [3.8, 4) is 0 Å². The highest BCUT2D eigenvalue weighted by atomic mass is 16.3. The van der Waals surface area contributed by atoms with E-state index in [1.807, 2.05) is 12.2 Å². The Morgan fingerprint density at radius 2 is 1.72 bits per heavy atom. The van der Waals surface area contributed by atoms with Crippen LogP contribution in [0.1, 0.15) is 58.8 Å². The van der Waals surface area contributed by atoms with Crippen LogP contribution in [0.2, 0.25) is 0 Å². The summed E-state index contributed by atoms with van der Waals surface area (Å²) in [7, 11) is 0. The van der Waals surface area contributed by atoms with Crippen LogP contribution in [-0.2, 0) is 4.79 Å². The predicted molar refractivity (Wildman–Crippen MR) is 135 cm³/mol. The van der Waals surface area contributed by atoms with Crippen LogP contribution in [-0.4, -0.2) is 34.4 Å². The number of hydrogen-bond donors (Lipinski definition) is 3. The van der Waals surface area contributed by atoms with Crippen LogP contribution < -0.4 is 5.32 Å². The third kappa shape index (κ3) is 15.4. The van der Waals surface area contributed by atoms with Crippen molar-refractivity contribution in [3.63, 3.8) is 0 Å². The Morgan fingerprint density at radius 1 is 0.969 bits per heavy atom. The zero-order valence-electron chi connectivity index (χ0n) is 19.6. The summed E-state index contributed by atoms with van der Waals surface area (Å²) in [6, 6.07) is 0.0323. The van der Waals surface area contributed by atoms with Gasteiger partial charge < -0.3 is 15.5 Å². The van der Waals surface area contributed by atoms with Crippen LogP contribution in [0.5, 0.6) is 0 Å². The van der Waals surface area contributed by atoms with E-state index in [1.54, 1.807) is 30.4 Å². The van der Waals surface area contributed by atoms with Crippen LogP contribution in [0.25, 0.3) is 0 Å². The van der Waals surface area contributed by atoms with Crippen molar-refractivity contribution in [1.29, 1.82) is 0 Å². The first-order valence-electron chi connectivity index (χ1n) is 11.8. The molecule has 1 aliphatic rings. The molecule has 32 heavy (non-hydrogen) atoms. The molecule has 4 nitrogen and oxygen atoms in total. The number of hydrogen-bond acceptors (Lipinski definition) is 3. The molecule has 0 bridgehead atoms. The van der Waals surface area contributed by atoms with E-state index in [9.17, 15) is 15.0 Å². The Labute approximate surface area is 194 Å². The summed E-state index contributed by atoms with van der Waals surface area (Å²) in [6.07, 6.45) is 31.0. The van der Waals surface area contributed by atoms with Gasteiger partial charge in [-0.2, -0.15) is 0 Å². The molecule has 4 heteroatoms. The fourth-order valence-corrected chi connectivity index (χ4v) is 3.16. The molecule has 0 saturated heterocycles. The zero-order valence-corrected chi connectivity index (χ0v) is 19.6. The summed E-state index contributed by atoms with van der Waals surface area (Å²) in [5.74, 6) is 0.236. The van der Waals surface area contributed by atoms with Gasteiger partial charge in [-0.1, -0.05) is 99.3 Å². The summed E-state index contributed by atoms with van der Waals surface area (Å²) >= 11 is 0. The topological polar surface area (TPSA) is 69.6 Å². The Hall–Kier alpha value is -2.43. The van der Waals surface area contributed by atoms with Crippen LogP contribution in [0.15, 0.2) is 85.1 Å². The zero-order chi connectivity index (χ0) is 23.4. The Balaban J connectivity index is 2.81. The van der Waals surface area contributed by atoms with Gasteiger partial charge in [-0.05, 0) is 38.0 Å². The van der Waals surface area contributed by atoms with E-state index >= 15 is 0 Å². The standard InChI is InChI=1S/C28H41NO3/c1-3-4-5-6-7-10-18-25-19-14-13-16-24(2)17-15-21-27(31)23-26(30)20-11-8-9-12-22-28(32)29-25/h5-15,17,20,22,24-27,30-31H,3-4,16,18-19,21,23H2,1-2H3,(H,29,32)/b6-5+,9-8+,10-7+,14-13+,17-15+,20-11+,22-12+. The van der Waals surface area contributed by atoms with E-state index in [-0.39, 0.29) is 11.9 Å². The average Bonchev–Trinajstić information content (AvgIpc) is 2.75. The molecule has 0 aromatic carbocycles. The second-order valence-electron chi connectivity index (χ2n) is 8.26. The molecular weight excluding hydrogens is 398 g/mol. The number of aliphatic hydroxyl groups is 2. The summed E-state index contributed by atoms with van der Waals surface area (Å²) in [5.41, 5.74) is 0. The smallest absolute Gasteiger partial charge is 0.244 e. The molecule has 1 heterocycles. The number of carbonyl (C=O) groups excluding carboxylic acids is 1. The second-order valence-corrected chi connectivity index (χ2v) is 8.26. The van der Waals surface area contributed by atoms with E-state index in [0.29, 0.717) is 18.8 Å². The lowest BCUT2D eigenvalue weighted by molar-refractivity contribution is -0.117. The van der Waals surface area contributed by atoms with Crippen LogP contribution >= 0.6 is 0 Å². The van der Waals surface area contributed by atoms with Gasteiger partial charge >= 0.3 is 0 Å². The van der Waals surface area contributed by atoms with Crippen molar-refractivity contribution in [2.24, 2.45) is 5.92 Å². The quantitative estimate of drug-likeness (QED) is 0.392. The number of aliphatic hydroxyl groups excluding tert-OH is 2. The number of unbranched alkanes of at least 4 members (excludes halogenated alkanes) is 1. The first kappa shape index (κ1) is 27.6. The van der Waals surface area contributed by atoms with Crippen LogP contribution in [0, 0.1) is 5.92 Å². The number of carbonyl (C=O) groups is 1. The van der Waals surface area contributed by atoms with Crippen molar-refractivity contribution >= 4 is 5.91 Å². The lowest BCUT2D eigenvalue weighted by Crippen LogP contribution is -2.32. The van der Waals surface area contributed by atoms with Gasteiger partial charge in [0.2, 0.25) is 5.91 Å². The van der Waals surface area contributed by atoms with Crippen molar-refractivity contribution in [2.45, 2.75) is 77.0 Å². The summed E-state index contributed by atoms with van der Waals surface area (Å²) in [4.78, 5) is 12.3. The monoisotopic (exact) mass is 439 g/mol. The largest absolute Gasteiger partial charge is 0.393 e. The molecule has 0 saturated carbocycles. The SMILES string of the molecule is CCC/C=C/C=C/CC1C/C=C/CC(C)/C=C/CC(O)CC(O)/C=C/C=C/C=C/C(=O)N1. The molecule has 0 radical (unpaired) electrons. The van der Waals surface area contributed by atoms with Crippen molar-refractivity contribution < 1.29 is 15.0 Å². The number of amides is 1. The van der Waals surface area contributed by atoms with Gasteiger partial charge in [0.15, 0.2) is 0 Å². The molecule has 0 aliphatic carbocycles. The van der Waals surface area contributed by atoms with Crippen molar-refractivity contribution in [1.82, 2.24) is 5.32 Å². The Kier molecular flexibility index (Phi) is 15.7. The number of allylic oxidation sites excluding steroid dienone is 9. The van der Waals surface area contributed by atoms with Gasteiger partial charge in [0.05, 0.1) is 12.2 Å². The van der Waals surface area contributed by atoms with E-state index in [1.165, 1.54) is 6.08 Å². The third-order valence-corrected chi connectivity index (χ3v) is 5.00. The maximum atomic E-state index is 12.3. The molecule has 4 unspecified atom stereocenters. The molecule has 0 aromatic heterocycles. The number of rotatable bonds is 5. The van der Waals surface area contributed by atoms with E-state index in [2.05, 4.69) is 55.6 Å². The first-order valence-corrected chi connectivity index (χ1v) is 11.8. The summed E-state index contributed by atoms with van der Waals surface area (Å²) < 4.78 is 0. The maximum absolute atomic E-state index is 12.3. The minimum atomic E-state index is -0.702. The normalized spacial score (nSPS) is 31.7. The van der Waals surface area contributed by atoms with Gasteiger partial charge in [0, 0.05) is 18.5 Å². The summed E-state index contributed by atoms with van der Waals surface area (Å²) in [5, 5.41) is 23.1. The fraction of sp³-hybridized carbons (Fsp3) is 0.464. The van der Waals surface area contributed by atoms with Gasteiger partial charge in [0.25, 0.3) is 0 Å². The molecule has 4 atom stereocenters. The molecule has 1 rings (SSSR count). The molecular formula is C28H41NO3. The van der Waals surface area contributed by atoms with E-state index in [0.717, 1.165) is 32.1 Å². The number of nitrogens with one attached hydrogen (secondary N) is 1. The highest BCUT2D eigenvalue weighted by Crippen LogP contribution is 2.10. The van der Waals surface area contributed by atoms with Crippen molar-refractivity contribution in [2.75, 3.05) is 0 Å². The Bertz CT molecular complexity index is 712. The van der Waals surface area contributed by atoms with Gasteiger partial charge in [-0.15, -0.1) is 0 Å². The fourth-order valence-electron chi connectivity index (χ4n) is 3.16. The lowest BCUT2D eigenvalue weighted by Gasteiger charge is -2.14. The Morgan fingerprint density at radius 3 is 2.53 bits per heavy atom. The highest BCUT2D eigenvalue weighted by Gasteiger charge is 2.09.